The second-order valence-electron chi connectivity index (χ2n) is 4.90. The number of hydrogen-bond donors (Lipinski definition) is 0. The lowest BCUT2D eigenvalue weighted by molar-refractivity contribution is 0.581. The molecule has 90 valence electrons. The lowest BCUT2D eigenvalue weighted by Crippen LogP contribution is -2.15. The van der Waals surface area contributed by atoms with E-state index in [0.29, 0.717) is 6.42 Å². The normalized spacial score (nSPS) is 12.8. The monoisotopic (exact) mass is 260 g/mol. The maximum absolute atomic E-state index is 10.9. The van der Waals surface area contributed by atoms with E-state index < -0.39 is 9.05 Å². The van der Waals surface area contributed by atoms with E-state index in [-0.39, 0.29) is 11.2 Å². The molecule has 0 saturated heterocycles. The Balaban J connectivity index is 2.97. The highest BCUT2D eigenvalue weighted by atomic mass is 35.7. The third-order valence-corrected chi connectivity index (χ3v) is 3.60. The molecular formula is C12H17ClO2S. The summed E-state index contributed by atoms with van der Waals surface area (Å²) in [6.45, 7) is 6.34. The second kappa shape index (κ2) is 4.76. The molecule has 0 aromatic heterocycles. The summed E-state index contributed by atoms with van der Waals surface area (Å²) in [6.07, 6.45) is 0.472. The van der Waals surface area contributed by atoms with Crippen molar-refractivity contribution in [2.75, 3.05) is 5.75 Å². The van der Waals surface area contributed by atoms with Crippen molar-refractivity contribution in [3.8, 4) is 0 Å². The minimum absolute atomic E-state index is 0.0123. The maximum Gasteiger partial charge on any atom is 0.232 e. The highest BCUT2D eigenvalue weighted by Gasteiger charge is 2.18. The van der Waals surface area contributed by atoms with Crippen LogP contribution in [0.15, 0.2) is 24.3 Å². The number of halogens is 1. The lowest BCUT2D eigenvalue weighted by Gasteiger charge is -2.22. The van der Waals surface area contributed by atoms with Gasteiger partial charge in [-0.05, 0) is 23.0 Å². The largest absolute Gasteiger partial charge is 0.232 e. The van der Waals surface area contributed by atoms with Crippen LogP contribution in [0.3, 0.4) is 0 Å². The fourth-order valence-corrected chi connectivity index (χ4v) is 2.40. The Bertz CT molecular complexity index is 458. The molecule has 0 amide bonds. The van der Waals surface area contributed by atoms with E-state index in [2.05, 4.69) is 20.8 Å². The molecule has 2 nitrogen and oxygen atoms in total. The average Bonchev–Trinajstić information content (AvgIpc) is 2.12. The van der Waals surface area contributed by atoms with Crippen LogP contribution < -0.4 is 0 Å². The topological polar surface area (TPSA) is 34.1 Å². The molecule has 0 unspecified atom stereocenters. The van der Waals surface area contributed by atoms with Gasteiger partial charge in [-0.25, -0.2) is 8.42 Å². The molecule has 1 aromatic carbocycles. The van der Waals surface area contributed by atoms with Crippen LogP contribution in [0.1, 0.15) is 31.9 Å². The van der Waals surface area contributed by atoms with Gasteiger partial charge in [0.25, 0.3) is 0 Å². The predicted octanol–water partition coefficient (Wildman–Crippen LogP) is 3.10. The first-order valence-corrected chi connectivity index (χ1v) is 7.69. The van der Waals surface area contributed by atoms with Crippen LogP contribution in [0.5, 0.6) is 0 Å². The van der Waals surface area contributed by atoms with Gasteiger partial charge in [0.2, 0.25) is 9.05 Å². The van der Waals surface area contributed by atoms with Crippen LogP contribution in [-0.2, 0) is 20.9 Å². The summed E-state index contributed by atoms with van der Waals surface area (Å²) in [5, 5.41) is 0. The van der Waals surface area contributed by atoms with E-state index in [0.717, 1.165) is 5.56 Å². The first-order valence-electron chi connectivity index (χ1n) is 5.21. The van der Waals surface area contributed by atoms with Crippen molar-refractivity contribution in [3.63, 3.8) is 0 Å². The van der Waals surface area contributed by atoms with E-state index >= 15 is 0 Å². The third-order valence-electron chi connectivity index (χ3n) is 2.44. The molecule has 1 aromatic rings. The van der Waals surface area contributed by atoms with Crippen LogP contribution >= 0.6 is 10.7 Å². The van der Waals surface area contributed by atoms with Gasteiger partial charge in [-0.1, -0.05) is 45.0 Å². The first-order chi connectivity index (χ1) is 7.20. The summed E-state index contributed by atoms with van der Waals surface area (Å²) in [4.78, 5) is 0. The average molecular weight is 261 g/mol. The van der Waals surface area contributed by atoms with Gasteiger partial charge in [0.05, 0.1) is 5.75 Å². The molecule has 0 spiro atoms. The van der Waals surface area contributed by atoms with E-state index in [4.69, 9.17) is 10.7 Å². The van der Waals surface area contributed by atoms with Crippen molar-refractivity contribution < 1.29 is 8.42 Å². The van der Waals surface area contributed by atoms with Crippen LogP contribution in [0.25, 0.3) is 0 Å². The predicted molar refractivity (Wildman–Crippen MR) is 68.5 cm³/mol. The minimum atomic E-state index is -3.41. The smallest absolute Gasteiger partial charge is 0.212 e. The van der Waals surface area contributed by atoms with E-state index in [9.17, 15) is 8.42 Å². The van der Waals surface area contributed by atoms with Gasteiger partial charge >= 0.3 is 0 Å². The number of aryl methyl sites for hydroxylation is 1. The zero-order valence-electron chi connectivity index (χ0n) is 9.83. The molecule has 16 heavy (non-hydrogen) atoms. The number of benzene rings is 1. The van der Waals surface area contributed by atoms with Crippen molar-refractivity contribution in [2.45, 2.75) is 32.6 Å². The molecule has 0 aliphatic heterocycles. The van der Waals surface area contributed by atoms with Gasteiger partial charge < -0.3 is 0 Å². The van der Waals surface area contributed by atoms with Crippen LogP contribution in [0.2, 0.25) is 0 Å². The van der Waals surface area contributed by atoms with E-state index in [1.807, 2.05) is 24.3 Å². The molecule has 0 heterocycles. The van der Waals surface area contributed by atoms with Gasteiger partial charge in [-0.3, -0.25) is 0 Å². The standard InChI is InChI=1S/C12H17ClO2S/c1-12(2,3)11-7-5-4-6-10(11)8-9-16(13,14)15/h4-7H,8-9H2,1-3H3. The summed E-state index contributed by atoms with van der Waals surface area (Å²) in [5.41, 5.74) is 2.25. The highest BCUT2D eigenvalue weighted by Crippen LogP contribution is 2.26. The quantitative estimate of drug-likeness (QED) is 0.783. The Labute approximate surface area is 102 Å². The SMILES string of the molecule is CC(C)(C)c1ccccc1CCS(=O)(=O)Cl. The minimum Gasteiger partial charge on any atom is -0.212 e. The first kappa shape index (κ1) is 13.5. The second-order valence-corrected chi connectivity index (χ2v) is 7.80. The zero-order chi connectivity index (χ0) is 12.4. The van der Waals surface area contributed by atoms with Crippen LogP contribution in [0.4, 0.5) is 0 Å². The Hall–Kier alpha value is -0.540. The summed E-state index contributed by atoms with van der Waals surface area (Å²) >= 11 is 0. The molecule has 0 radical (unpaired) electrons. The molecule has 0 N–H and O–H groups in total. The summed E-state index contributed by atoms with van der Waals surface area (Å²) in [6, 6.07) is 7.89. The molecular weight excluding hydrogens is 244 g/mol. The van der Waals surface area contributed by atoms with Crippen molar-refractivity contribution in [1.82, 2.24) is 0 Å². The summed E-state index contributed by atoms with van der Waals surface area (Å²) < 4.78 is 21.9. The van der Waals surface area contributed by atoms with E-state index in [1.54, 1.807) is 0 Å². The van der Waals surface area contributed by atoms with Crippen molar-refractivity contribution in [1.29, 1.82) is 0 Å². The highest BCUT2D eigenvalue weighted by molar-refractivity contribution is 8.13. The number of rotatable bonds is 3. The van der Waals surface area contributed by atoms with E-state index in [1.165, 1.54) is 5.56 Å². The molecule has 0 aliphatic carbocycles. The van der Waals surface area contributed by atoms with Crippen LogP contribution in [0, 0.1) is 0 Å². The Morgan fingerprint density at radius 3 is 2.25 bits per heavy atom. The Kier molecular flexibility index (Phi) is 4.02. The van der Waals surface area contributed by atoms with Crippen molar-refractivity contribution in [3.05, 3.63) is 35.4 Å². The third kappa shape index (κ3) is 4.14. The van der Waals surface area contributed by atoms with Crippen LogP contribution in [-0.4, -0.2) is 14.2 Å². The molecule has 0 aliphatic rings. The maximum atomic E-state index is 10.9. The Morgan fingerprint density at radius 2 is 1.75 bits per heavy atom. The fraction of sp³-hybridized carbons (Fsp3) is 0.500. The molecule has 0 bridgehead atoms. The van der Waals surface area contributed by atoms with Gasteiger partial charge in [0.15, 0.2) is 0 Å². The number of hydrogen-bond acceptors (Lipinski definition) is 2. The van der Waals surface area contributed by atoms with Gasteiger partial charge in [-0.2, -0.15) is 0 Å². The lowest BCUT2D eigenvalue weighted by atomic mass is 9.83. The zero-order valence-corrected chi connectivity index (χ0v) is 11.4. The summed E-state index contributed by atoms with van der Waals surface area (Å²) in [5.74, 6) is -0.0123. The molecule has 0 saturated carbocycles. The molecule has 0 atom stereocenters. The van der Waals surface area contributed by atoms with Crippen molar-refractivity contribution in [2.24, 2.45) is 0 Å². The fourth-order valence-electron chi connectivity index (χ4n) is 1.70. The molecule has 0 fully saturated rings. The van der Waals surface area contributed by atoms with Gasteiger partial charge in [-0.15, -0.1) is 0 Å². The van der Waals surface area contributed by atoms with Gasteiger partial charge in [0.1, 0.15) is 0 Å². The van der Waals surface area contributed by atoms with Gasteiger partial charge in [0, 0.05) is 10.7 Å². The summed E-state index contributed by atoms with van der Waals surface area (Å²) in [7, 11) is 1.81. The Morgan fingerprint density at radius 1 is 1.19 bits per heavy atom. The molecule has 4 heteroatoms. The van der Waals surface area contributed by atoms with Crippen molar-refractivity contribution >= 4 is 19.7 Å². The molecule has 1 rings (SSSR count).